The van der Waals surface area contributed by atoms with E-state index in [1.807, 2.05) is 24.3 Å². The van der Waals surface area contributed by atoms with Crippen LogP contribution in [-0.2, 0) is 6.42 Å². The van der Waals surface area contributed by atoms with Crippen molar-refractivity contribution in [1.29, 1.82) is 0 Å². The Morgan fingerprint density at radius 3 is 2.38 bits per heavy atom. The summed E-state index contributed by atoms with van der Waals surface area (Å²) in [5.41, 5.74) is 8.65. The minimum atomic E-state index is -0.263. The molecule has 3 aromatic rings. The molecule has 0 spiro atoms. The zero-order chi connectivity index (χ0) is 14.8. The second-order valence-corrected chi connectivity index (χ2v) is 6.19. The van der Waals surface area contributed by atoms with E-state index < -0.39 is 0 Å². The van der Waals surface area contributed by atoms with Crippen LogP contribution in [0.4, 0.5) is 9.52 Å². The number of nitrogens with two attached hydrogens (primary N) is 1. The van der Waals surface area contributed by atoms with Gasteiger partial charge < -0.3 is 5.73 Å². The Hall–Kier alpha value is -1.91. The van der Waals surface area contributed by atoms with E-state index in [-0.39, 0.29) is 5.82 Å². The van der Waals surface area contributed by atoms with Gasteiger partial charge in [-0.1, -0.05) is 23.7 Å². The molecule has 0 radical (unpaired) electrons. The molecule has 5 heteroatoms. The Kier molecular flexibility index (Phi) is 3.90. The van der Waals surface area contributed by atoms with Gasteiger partial charge in [0.15, 0.2) is 5.13 Å². The molecule has 0 aliphatic carbocycles. The smallest absolute Gasteiger partial charge is 0.180 e. The molecule has 0 aliphatic heterocycles. The van der Waals surface area contributed by atoms with Crippen molar-refractivity contribution >= 4 is 28.1 Å². The van der Waals surface area contributed by atoms with Crippen LogP contribution in [0, 0.1) is 5.82 Å². The fourth-order valence-electron chi connectivity index (χ4n) is 2.11. The van der Waals surface area contributed by atoms with Gasteiger partial charge in [0.2, 0.25) is 0 Å². The minimum absolute atomic E-state index is 0.263. The van der Waals surface area contributed by atoms with Crippen molar-refractivity contribution in [3.05, 3.63) is 69.8 Å². The molecule has 0 atom stereocenters. The molecular weight excluding hydrogens is 307 g/mol. The molecule has 0 saturated carbocycles. The molecular formula is C16H12ClFN2S. The van der Waals surface area contributed by atoms with Gasteiger partial charge >= 0.3 is 0 Å². The summed E-state index contributed by atoms with van der Waals surface area (Å²) < 4.78 is 13.0. The number of thiazole rings is 1. The van der Waals surface area contributed by atoms with E-state index in [2.05, 4.69) is 4.98 Å². The zero-order valence-electron chi connectivity index (χ0n) is 11.0. The topological polar surface area (TPSA) is 38.9 Å². The lowest BCUT2D eigenvalue weighted by Crippen LogP contribution is -1.89. The highest BCUT2D eigenvalue weighted by atomic mass is 35.5. The maximum absolute atomic E-state index is 13.0. The Morgan fingerprint density at radius 1 is 1.05 bits per heavy atom. The summed E-state index contributed by atoms with van der Waals surface area (Å²) in [6, 6.07) is 14.0. The lowest BCUT2D eigenvalue weighted by molar-refractivity contribution is 0.628. The van der Waals surface area contributed by atoms with Crippen molar-refractivity contribution in [3.8, 4) is 11.3 Å². The van der Waals surface area contributed by atoms with Gasteiger partial charge in [0.05, 0.1) is 5.69 Å². The molecule has 0 saturated heterocycles. The third-order valence-electron chi connectivity index (χ3n) is 3.11. The molecule has 0 aliphatic rings. The fraction of sp³-hybridized carbons (Fsp3) is 0.0625. The quantitative estimate of drug-likeness (QED) is 0.755. The summed E-state index contributed by atoms with van der Waals surface area (Å²) in [4.78, 5) is 5.43. The van der Waals surface area contributed by atoms with Crippen LogP contribution in [0.25, 0.3) is 11.3 Å². The first-order valence-corrected chi connectivity index (χ1v) is 7.57. The first kappa shape index (κ1) is 14.0. The Labute approximate surface area is 131 Å². The molecule has 3 rings (SSSR count). The average Bonchev–Trinajstić information content (AvgIpc) is 2.83. The van der Waals surface area contributed by atoms with Crippen LogP contribution >= 0.6 is 22.9 Å². The van der Waals surface area contributed by atoms with Crippen molar-refractivity contribution in [1.82, 2.24) is 4.98 Å². The van der Waals surface area contributed by atoms with E-state index in [4.69, 9.17) is 17.3 Å². The van der Waals surface area contributed by atoms with Crippen molar-refractivity contribution in [2.24, 2.45) is 0 Å². The number of hydrogen-bond acceptors (Lipinski definition) is 3. The summed E-state index contributed by atoms with van der Waals surface area (Å²) in [5, 5.41) is 1.22. The van der Waals surface area contributed by atoms with E-state index >= 15 is 0 Å². The Balaban J connectivity index is 1.95. The molecule has 0 bridgehead atoms. The van der Waals surface area contributed by atoms with Crippen molar-refractivity contribution in [2.45, 2.75) is 6.42 Å². The van der Waals surface area contributed by atoms with Crippen molar-refractivity contribution in [3.63, 3.8) is 0 Å². The summed E-state index contributed by atoms with van der Waals surface area (Å²) in [5.74, 6) is -0.263. The number of halogens is 2. The number of hydrogen-bond donors (Lipinski definition) is 1. The van der Waals surface area contributed by atoms with Gasteiger partial charge in [-0.3, -0.25) is 0 Å². The molecule has 21 heavy (non-hydrogen) atoms. The predicted molar refractivity (Wildman–Crippen MR) is 86.2 cm³/mol. The summed E-state index contributed by atoms with van der Waals surface area (Å²) in [7, 11) is 0. The number of anilines is 1. The molecule has 1 aromatic heterocycles. The molecule has 2 aromatic carbocycles. The van der Waals surface area contributed by atoms with Crippen LogP contribution in [0.3, 0.4) is 0 Å². The van der Waals surface area contributed by atoms with Crippen LogP contribution in [-0.4, -0.2) is 4.98 Å². The zero-order valence-corrected chi connectivity index (χ0v) is 12.6. The van der Waals surface area contributed by atoms with Crippen LogP contribution in [0.15, 0.2) is 48.5 Å². The van der Waals surface area contributed by atoms with Gasteiger partial charge in [-0.25, -0.2) is 9.37 Å². The van der Waals surface area contributed by atoms with Gasteiger partial charge in [0, 0.05) is 21.9 Å². The Bertz CT molecular complexity index is 751. The van der Waals surface area contributed by atoms with Gasteiger partial charge in [-0.2, -0.15) is 0 Å². The van der Waals surface area contributed by atoms with Crippen LogP contribution in [0.1, 0.15) is 10.4 Å². The summed E-state index contributed by atoms with van der Waals surface area (Å²) in [6.07, 6.45) is 0.721. The number of nitrogen functional groups attached to an aromatic ring is 1. The van der Waals surface area contributed by atoms with Gasteiger partial charge in [-0.05, 0) is 42.0 Å². The number of benzene rings is 2. The Morgan fingerprint density at radius 2 is 1.71 bits per heavy atom. The monoisotopic (exact) mass is 318 g/mol. The largest absolute Gasteiger partial charge is 0.375 e. The molecule has 2 nitrogen and oxygen atoms in total. The molecule has 0 fully saturated rings. The number of nitrogens with zero attached hydrogens (tertiary/aromatic N) is 1. The molecule has 1 heterocycles. The predicted octanol–water partition coefficient (Wildman–Crippen LogP) is 4.78. The second kappa shape index (κ2) is 5.84. The van der Waals surface area contributed by atoms with Crippen molar-refractivity contribution < 1.29 is 4.39 Å². The van der Waals surface area contributed by atoms with E-state index in [1.165, 1.54) is 23.5 Å². The second-order valence-electron chi connectivity index (χ2n) is 4.63. The highest BCUT2D eigenvalue weighted by Crippen LogP contribution is 2.31. The fourth-order valence-corrected chi connectivity index (χ4v) is 3.13. The third kappa shape index (κ3) is 3.23. The minimum Gasteiger partial charge on any atom is -0.375 e. The highest BCUT2D eigenvalue weighted by Gasteiger charge is 2.12. The number of rotatable bonds is 3. The lowest BCUT2D eigenvalue weighted by atomic mass is 10.1. The van der Waals surface area contributed by atoms with Crippen LogP contribution in [0.5, 0.6) is 0 Å². The van der Waals surface area contributed by atoms with E-state index in [9.17, 15) is 4.39 Å². The summed E-state index contributed by atoms with van der Waals surface area (Å²) >= 11 is 7.35. The van der Waals surface area contributed by atoms with Crippen LogP contribution < -0.4 is 5.73 Å². The maximum atomic E-state index is 13.0. The molecule has 106 valence electrons. The van der Waals surface area contributed by atoms with Gasteiger partial charge in [0.25, 0.3) is 0 Å². The number of aromatic nitrogens is 1. The van der Waals surface area contributed by atoms with Gasteiger partial charge in [-0.15, -0.1) is 11.3 Å². The summed E-state index contributed by atoms with van der Waals surface area (Å²) in [6.45, 7) is 0. The average molecular weight is 319 g/mol. The standard InChI is InChI=1S/C16H12ClFN2S/c17-12-5-1-10(2-6-12)9-14-15(20-16(19)21-14)11-3-7-13(18)8-4-11/h1-8H,9H2,(H2,19,20). The van der Waals surface area contributed by atoms with E-state index in [1.54, 1.807) is 12.1 Å². The first-order chi connectivity index (χ1) is 10.1. The SMILES string of the molecule is Nc1nc(-c2ccc(F)cc2)c(Cc2ccc(Cl)cc2)s1. The molecule has 0 amide bonds. The first-order valence-electron chi connectivity index (χ1n) is 6.37. The van der Waals surface area contributed by atoms with Crippen molar-refractivity contribution in [2.75, 3.05) is 5.73 Å². The third-order valence-corrected chi connectivity index (χ3v) is 4.25. The maximum Gasteiger partial charge on any atom is 0.180 e. The normalized spacial score (nSPS) is 10.8. The molecule has 0 unspecified atom stereocenters. The van der Waals surface area contributed by atoms with Gasteiger partial charge in [0.1, 0.15) is 5.82 Å². The molecule has 2 N–H and O–H groups in total. The highest BCUT2D eigenvalue weighted by molar-refractivity contribution is 7.15. The van der Waals surface area contributed by atoms with Crippen LogP contribution in [0.2, 0.25) is 5.02 Å². The van der Waals surface area contributed by atoms with E-state index in [0.29, 0.717) is 10.2 Å². The van der Waals surface area contributed by atoms with E-state index in [0.717, 1.165) is 28.1 Å². The lowest BCUT2D eigenvalue weighted by Gasteiger charge is -2.03.